The van der Waals surface area contributed by atoms with E-state index < -0.39 is 0 Å². The summed E-state index contributed by atoms with van der Waals surface area (Å²) in [4.78, 5) is 28.0. The SMILES string of the molecule is Cc1cccc(C2CC(=O)N(c3cccc(C)c3C)C3=C2C(=O)CCC3)c1. The molecule has 0 aromatic heterocycles. The molecular weight excluding hydrogens is 334 g/mol. The lowest BCUT2D eigenvalue weighted by atomic mass is 9.76. The maximum absolute atomic E-state index is 13.3. The van der Waals surface area contributed by atoms with Crippen molar-refractivity contribution in [1.29, 1.82) is 0 Å². The Kier molecular flexibility index (Phi) is 4.47. The van der Waals surface area contributed by atoms with Gasteiger partial charge in [-0.3, -0.25) is 14.5 Å². The van der Waals surface area contributed by atoms with Gasteiger partial charge in [0.25, 0.3) is 0 Å². The zero-order valence-electron chi connectivity index (χ0n) is 16.2. The van der Waals surface area contributed by atoms with Gasteiger partial charge in [-0.05, 0) is 56.4 Å². The van der Waals surface area contributed by atoms with Crippen LogP contribution in [0.25, 0.3) is 0 Å². The first-order valence-electron chi connectivity index (χ1n) is 9.69. The van der Waals surface area contributed by atoms with E-state index in [1.54, 1.807) is 0 Å². The van der Waals surface area contributed by atoms with Gasteiger partial charge in [-0.2, -0.15) is 0 Å². The Hall–Kier alpha value is -2.68. The van der Waals surface area contributed by atoms with Gasteiger partial charge >= 0.3 is 0 Å². The summed E-state index contributed by atoms with van der Waals surface area (Å²) in [5.74, 6) is 0.163. The van der Waals surface area contributed by atoms with Crippen LogP contribution < -0.4 is 4.90 Å². The molecule has 0 radical (unpaired) electrons. The summed E-state index contributed by atoms with van der Waals surface area (Å²) in [6, 6.07) is 14.3. The molecule has 1 amide bonds. The van der Waals surface area contributed by atoms with Gasteiger partial charge in [-0.25, -0.2) is 0 Å². The van der Waals surface area contributed by atoms with Crippen molar-refractivity contribution in [3.05, 3.63) is 76.0 Å². The number of hydrogen-bond donors (Lipinski definition) is 0. The van der Waals surface area contributed by atoms with E-state index in [9.17, 15) is 9.59 Å². The normalized spacial score (nSPS) is 20.1. The van der Waals surface area contributed by atoms with Gasteiger partial charge < -0.3 is 0 Å². The Labute approximate surface area is 160 Å². The number of nitrogens with zero attached hydrogens (tertiary/aromatic N) is 1. The summed E-state index contributed by atoms with van der Waals surface area (Å²) >= 11 is 0. The summed E-state index contributed by atoms with van der Waals surface area (Å²) in [6.45, 7) is 6.16. The summed E-state index contributed by atoms with van der Waals surface area (Å²) in [7, 11) is 0. The number of carbonyl (C=O) groups is 2. The summed E-state index contributed by atoms with van der Waals surface area (Å²) in [5, 5.41) is 0. The van der Waals surface area contributed by atoms with Gasteiger partial charge in [0.15, 0.2) is 5.78 Å². The Morgan fingerprint density at radius 2 is 1.74 bits per heavy atom. The monoisotopic (exact) mass is 359 g/mol. The van der Waals surface area contributed by atoms with Crippen LogP contribution in [0.2, 0.25) is 0 Å². The smallest absolute Gasteiger partial charge is 0.232 e. The van der Waals surface area contributed by atoms with Crippen molar-refractivity contribution >= 4 is 17.4 Å². The number of carbonyl (C=O) groups excluding carboxylic acids is 2. The van der Waals surface area contributed by atoms with Gasteiger partial charge in [0, 0.05) is 30.0 Å². The van der Waals surface area contributed by atoms with Crippen molar-refractivity contribution < 1.29 is 9.59 Å². The summed E-state index contributed by atoms with van der Waals surface area (Å²) in [6.07, 6.45) is 2.52. The van der Waals surface area contributed by atoms with Crippen molar-refractivity contribution in [2.75, 3.05) is 4.90 Å². The third-order valence-electron chi connectivity index (χ3n) is 5.94. The van der Waals surface area contributed by atoms with Crippen LogP contribution in [0, 0.1) is 20.8 Å². The Balaban J connectivity index is 1.90. The molecule has 27 heavy (non-hydrogen) atoms. The second kappa shape index (κ2) is 6.80. The van der Waals surface area contributed by atoms with Crippen LogP contribution in [0.5, 0.6) is 0 Å². The first kappa shape index (κ1) is 17.7. The molecule has 1 aliphatic heterocycles. The Bertz CT molecular complexity index is 970. The quantitative estimate of drug-likeness (QED) is 0.744. The number of Topliss-reactive ketones (excluding diaryl/α,β-unsaturated/α-hetero) is 1. The van der Waals surface area contributed by atoms with Crippen molar-refractivity contribution in [1.82, 2.24) is 0 Å². The predicted molar refractivity (Wildman–Crippen MR) is 108 cm³/mol. The van der Waals surface area contributed by atoms with E-state index in [1.165, 1.54) is 0 Å². The molecule has 0 saturated carbocycles. The maximum Gasteiger partial charge on any atom is 0.232 e. The van der Waals surface area contributed by atoms with Gasteiger partial charge in [-0.1, -0.05) is 42.0 Å². The fraction of sp³-hybridized carbons (Fsp3) is 0.333. The molecule has 2 aromatic carbocycles. The molecule has 1 heterocycles. The van der Waals surface area contributed by atoms with Gasteiger partial charge in [-0.15, -0.1) is 0 Å². The van der Waals surface area contributed by atoms with E-state index in [1.807, 2.05) is 29.2 Å². The largest absolute Gasteiger partial charge is 0.294 e. The highest BCUT2D eigenvalue weighted by Gasteiger charge is 2.40. The standard InChI is InChI=1S/C24H25NO2/c1-15-7-4-9-18(13-15)19-14-23(27)25(20-10-5-8-16(2)17(20)3)21-11-6-12-22(26)24(19)21/h4-5,7-10,13,19H,6,11-12,14H2,1-3H3. The Morgan fingerprint density at radius 1 is 0.963 bits per heavy atom. The minimum atomic E-state index is -0.124. The van der Waals surface area contributed by atoms with E-state index in [0.717, 1.165) is 52.1 Å². The van der Waals surface area contributed by atoms with E-state index >= 15 is 0 Å². The first-order chi connectivity index (χ1) is 13.0. The third kappa shape index (κ3) is 3.01. The molecule has 3 heteroatoms. The molecule has 0 bridgehead atoms. The molecule has 0 fully saturated rings. The highest BCUT2D eigenvalue weighted by Crippen LogP contribution is 2.44. The van der Waals surface area contributed by atoms with E-state index in [2.05, 4.69) is 39.0 Å². The summed E-state index contributed by atoms with van der Waals surface area (Å²) in [5.41, 5.74) is 7.18. The molecule has 0 spiro atoms. The van der Waals surface area contributed by atoms with Crippen LogP contribution in [-0.4, -0.2) is 11.7 Å². The van der Waals surface area contributed by atoms with Gasteiger partial charge in [0.2, 0.25) is 5.91 Å². The lowest BCUT2D eigenvalue weighted by Gasteiger charge is -2.39. The molecular formula is C24H25NO2. The molecule has 138 valence electrons. The van der Waals surface area contributed by atoms with Crippen molar-refractivity contribution in [2.45, 2.75) is 52.4 Å². The molecule has 2 aliphatic rings. The van der Waals surface area contributed by atoms with Crippen LogP contribution in [0.4, 0.5) is 5.69 Å². The van der Waals surface area contributed by atoms with E-state index in [0.29, 0.717) is 12.8 Å². The number of benzene rings is 2. The second-order valence-corrected chi connectivity index (χ2v) is 7.76. The molecule has 1 unspecified atom stereocenters. The predicted octanol–water partition coefficient (Wildman–Crippen LogP) is 5.14. The maximum atomic E-state index is 13.3. The number of allylic oxidation sites excluding steroid dienone is 2. The number of aryl methyl sites for hydroxylation is 2. The van der Waals surface area contributed by atoms with Crippen molar-refractivity contribution in [2.24, 2.45) is 0 Å². The van der Waals surface area contributed by atoms with Crippen LogP contribution >= 0.6 is 0 Å². The number of hydrogen-bond acceptors (Lipinski definition) is 2. The number of anilines is 1. The topological polar surface area (TPSA) is 37.4 Å². The average Bonchev–Trinajstić information content (AvgIpc) is 2.64. The fourth-order valence-corrected chi connectivity index (χ4v) is 4.42. The number of amides is 1. The number of ketones is 1. The van der Waals surface area contributed by atoms with E-state index in [-0.39, 0.29) is 17.6 Å². The molecule has 3 nitrogen and oxygen atoms in total. The Morgan fingerprint density at radius 3 is 2.52 bits per heavy atom. The fourth-order valence-electron chi connectivity index (χ4n) is 4.42. The molecule has 0 saturated heterocycles. The molecule has 4 rings (SSSR count). The lowest BCUT2D eigenvalue weighted by Crippen LogP contribution is -2.41. The van der Waals surface area contributed by atoms with E-state index in [4.69, 9.17) is 0 Å². The van der Waals surface area contributed by atoms with Crippen LogP contribution in [0.15, 0.2) is 53.7 Å². The molecule has 2 aromatic rings. The minimum absolute atomic E-state index is 0.0867. The second-order valence-electron chi connectivity index (χ2n) is 7.76. The average molecular weight is 359 g/mol. The minimum Gasteiger partial charge on any atom is -0.294 e. The van der Waals surface area contributed by atoms with Gasteiger partial charge in [0.05, 0.1) is 5.69 Å². The van der Waals surface area contributed by atoms with Gasteiger partial charge in [0.1, 0.15) is 0 Å². The van der Waals surface area contributed by atoms with Crippen LogP contribution in [0.3, 0.4) is 0 Å². The van der Waals surface area contributed by atoms with Crippen LogP contribution in [0.1, 0.15) is 53.9 Å². The molecule has 0 N–H and O–H groups in total. The molecule has 1 aliphatic carbocycles. The number of rotatable bonds is 2. The van der Waals surface area contributed by atoms with Crippen molar-refractivity contribution in [3.63, 3.8) is 0 Å². The lowest BCUT2D eigenvalue weighted by molar-refractivity contribution is -0.119. The highest BCUT2D eigenvalue weighted by molar-refractivity contribution is 6.07. The highest BCUT2D eigenvalue weighted by atomic mass is 16.2. The first-order valence-corrected chi connectivity index (χ1v) is 9.69. The van der Waals surface area contributed by atoms with Crippen molar-refractivity contribution in [3.8, 4) is 0 Å². The van der Waals surface area contributed by atoms with Crippen LogP contribution in [-0.2, 0) is 9.59 Å². The zero-order valence-corrected chi connectivity index (χ0v) is 16.2. The third-order valence-corrected chi connectivity index (χ3v) is 5.94. The zero-order chi connectivity index (χ0) is 19.1. The molecule has 1 atom stereocenters. The summed E-state index contributed by atoms with van der Waals surface area (Å²) < 4.78 is 0.